The Morgan fingerprint density at radius 1 is 0.906 bits per heavy atom. The van der Waals surface area contributed by atoms with Crippen LogP contribution in [0.4, 0.5) is 0 Å². The smallest absolute Gasteiger partial charge is 0.252 e. The van der Waals surface area contributed by atoms with Crippen molar-refractivity contribution in [1.29, 1.82) is 0 Å². The Labute approximate surface area is 193 Å². The lowest BCUT2D eigenvalue weighted by Gasteiger charge is -2.12. The van der Waals surface area contributed by atoms with Gasteiger partial charge in [0.15, 0.2) is 0 Å². The highest BCUT2D eigenvalue weighted by Gasteiger charge is 2.13. The number of para-hydroxylation sites is 1. The van der Waals surface area contributed by atoms with Crippen molar-refractivity contribution in [1.82, 2.24) is 10.6 Å². The number of hydrogen-bond acceptors (Lipinski definition) is 4. The Morgan fingerprint density at radius 2 is 1.62 bits per heavy atom. The van der Waals surface area contributed by atoms with Gasteiger partial charge in [0.25, 0.3) is 5.91 Å². The number of carbonyl (C=O) groups is 2. The summed E-state index contributed by atoms with van der Waals surface area (Å²) in [5.74, 6) is 0.881. The Kier molecular flexibility index (Phi) is 8.75. The average molecular weight is 449 g/mol. The molecule has 0 unspecified atom stereocenters. The summed E-state index contributed by atoms with van der Waals surface area (Å²) in [5.41, 5.74) is 2.60. The molecule has 3 aromatic rings. The second-order valence-electron chi connectivity index (χ2n) is 7.61. The minimum Gasteiger partial charge on any atom is -0.489 e. The fraction of sp³-hybridized carbons (Fsp3) is 0.231. The van der Waals surface area contributed by atoms with Crippen LogP contribution >= 0.6 is 11.8 Å². The summed E-state index contributed by atoms with van der Waals surface area (Å²) >= 11 is 1.36. The maximum absolute atomic E-state index is 12.8. The molecular formula is C26H28N2O3S. The Balaban J connectivity index is 1.56. The van der Waals surface area contributed by atoms with Gasteiger partial charge in [-0.1, -0.05) is 54.6 Å². The third-order valence-corrected chi connectivity index (χ3v) is 5.61. The predicted octanol–water partition coefficient (Wildman–Crippen LogP) is 4.81. The summed E-state index contributed by atoms with van der Waals surface area (Å²) in [6, 6.07) is 25.1. The third kappa shape index (κ3) is 7.46. The first-order valence-electron chi connectivity index (χ1n) is 10.6. The first kappa shape index (κ1) is 23.4. The molecule has 0 radical (unpaired) electrons. The normalized spacial score (nSPS) is 10.6. The Morgan fingerprint density at radius 3 is 2.41 bits per heavy atom. The topological polar surface area (TPSA) is 67.4 Å². The molecule has 0 aromatic heterocycles. The summed E-state index contributed by atoms with van der Waals surface area (Å²) in [6.45, 7) is 4.72. The van der Waals surface area contributed by atoms with E-state index in [1.807, 2.05) is 86.6 Å². The number of carbonyl (C=O) groups excluding carboxylic acids is 2. The summed E-state index contributed by atoms with van der Waals surface area (Å²) in [7, 11) is 0. The van der Waals surface area contributed by atoms with Crippen molar-refractivity contribution in [2.75, 3.05) is 5.75 Å². The predicted molar refractivity (Wildman–Crippen MR) is 129 cm³/mol. The molecule has 6 heteroatoms. The summed E-state index contributed by atoms with van der Waals surface area (Å²) in [5, 5.41) is 5.85. The molecule has 0 fully saturated rings. The van der Waals surface area contributed by atoms with Crippen LogP contribution in [0.5, 0.6) is 5.75 Å². The number of benzene rings is 3. The van der Waals surface area contributed by atoms with Crippen molar-refractivity contribution in [2.24, 2.45) is 0 Å². The Hall–Kier alpha value is -3.25. The SMILES string of the molecule is CC(C)NC(=O)CSc1ccccc1C(=O)NCc1cccc(COc2ccccc2)c1. The molecule has 3 rings (SSSR count). The van der Waals surface area contributed by atoms with Crippen LogP contribution in [0.25, 0.3) is 0 Å². The van der Waals surface area contributed by atoms with E-state index < -0.39 is 0 Å². The fourth-order valence-electron chi connectivity index (χ4n) is 3.08. The highest BCUT2D eigenvalue weighted by molar-refractivity contribution is 8.00. The van der Waals surface area contributed by atoms with Crippen LogP contribution in [0.15, 0.2) is 83.8 Å². The standard InChI is InChI=1S/C26H28N2O3S/c1-19(2)28-25(29)18-32-24-14-7-6-13-23(24)26(30)27-16-20-9-8-10-21(15-20)17-31-22-11-4-3-5-12-22/h3-15,19H,16-18H2,1-2H3,(H,27,30)(H,28,29). The molecule has 32 heavy (non-hydrogen) atoms. The van der Waals surface area contributed by atoms with Gasteiger partial charge in [0, 0.05) is 17.5 Å². The molecule has 0 saturated heterocycles. The fourth-order valence-corrected chi connectivity index (χ4v) is 3.94. The molecule has 2 amide bonds. The highest BCUT2D eigenvalue weighted by atomic mass is 32.2. The number of amides is 2. The molecule has 5 nitrogen and oxygen atoms in total. The van der Waals surface area contributed by atoms with Gasteiger partial charge in [0.2, 0.25) is 5.91 Å². The maximum atomic E-state index is 12.8. The van der Waals surface area contributed by atoms with Gasteiger partial charge in [0.05, 0.1) is 11.3 Å². The summed E-state index contributed by atoms with van der Waals surface area (Å²) in [4.78, 5) is 25.5. The number of nitrogens with one attached hydrogen (secondary N) is 2. The molecule has 3 aromatic carbocycles. The van der Waals surface area contributed by atoms with Gasteiger partial charge in [0.1, 0.15) is 12.4 Å². The van der Waals surface area contributed by atoms with Gasteiger partial charge in [-0.15, -0.1) is 11.8 Å². The summed E-state index contributed by atoms with van der Waals surface area (Å²) < 4.78 is 5.81. The number of thioether (sulfide) groups is 1. The lowest BCUT2D eigenvalue weighted by atomic mass is 10.1. The maximum Gasteiger partial charge on any atom is 0.252 e. The number of hydrogen-bond donors (Lipinski definition) is 2. The second kappa shape index (κ2) is 12.0. The van der Waals surface area contributed by atoms with E-state index in [0.29, 0.717) is 18.7 Å². The molecule has 166 valence electrons. The molecule has 0 aliphatic rings. The Bertz CT molecular complexity index is 1040. The van der Waals surface area contributed by atoms with E-state index >= 15 is 0 Å². The molecule has 0 saturated carbocycles. The molecule has 0 aliphatic carbocycles. The van der Waals surface area contributed by atoms with Gasteiger partial charge in [-0.2, -0.15) is 0 Å². The molecule has 0 aliphatic heterocycles. The van der Waals surface area contributed by atoms with Crippen molar-refractivity contribution in [2.45, 2.75) is 37.9 Å². The first-order chi connectivity index (χ1) is 15.5. The van der Waals surface area contributed by atoms with Gasteiger partial charge in [-0.25, -0.2) is 0 Å². The minimum absolute atomic E-state index is 0.0465. The van der Waals surface area contributed by atoms with E-state index in [-0.39, 0.29) is 23.6 Å². The van der Waals surface area contributed by atoms with E-state index in [0.717, 1.165) is 21.8 Å². The van der Waals surface area contributed by atoms with Gasteiger partial charge < -0.3 is 15.4 Å². The van der Waals surface area contributed by atoms with Crippen molar-refractivity contribution >= 4 is 23.6 Å². The molecule has 2 N–H and O–H groups in total. The van der Waals surface area contributed by atoms with E-state index in [4.69, 9.17) is 4.74 Å². The van der Waals surface area contributed by atoms with Crippen LogP contribution in [0.3, 0.4) is 0 Å². The van der Waals surface area contributed by atoms with E-state index in [1.54, 1.807) is 6.07 Å². The lowest BCUT2D eigenvalue weighted by Crippen LogP contribution is -2.31. The molecule has 0 heterocycles. The van der Waals surface area contributed by atoms with Crippen LogP contribution in [0.1, 0.15) is 35.3 Å². The molecule has 0 atom stereocenters. The van der Waals surface area contributed by atoms with Crippen LogP contribution in [0, 0.1) is 0 Å². The summed E-state index contributed by atoms with van der Waals surface area (Å²) in [6.07, 6.45) is 0. The third-order valence-electron chi connectivity index (χ3n) is 4.53. The number of ether oxygens (including phenoxy) is 1. The van der Waals surface area contributed by atoms with Gasteiger partial charge in [-0.05, 0) is 49.2 Å². The van der Waals surface area contributed by atoms with Crippen molar-refractivity contribution in [3.63, 3.8) is 0 Å². The van der Waals surface area contributed by atoms with Crippen LogP contribution in [0.2, 0.25) is 0 Å². The zero-order valence-corrected chi connectivity index (χ0v) is 19.2. The van der Waals surface area contributed by atoms with E-state index in [2.05, 4.69) is 10.6 Å². The molecule has 0 spiro atoms. The minimum atomic E-state index is -0.164. The number of rotatable bonds is 10. The second-order valence-corrected chi connectivity index (χ2v) is 8.63. The molecular weight excluding hydrogens is 420 g/mol. The lowest BCUT2D eigenvalue weighted by molar-refractivity contribution is -0.119. The van der Waals surface area contributed by atoms with Crippen molar-refractivity contribution in [3.8, 4) is 5.75 Å². The van der Waals surface area contributed by atoms with Crippen molar-refractivity contribution in [3.05, 3.63) is 95.6 Å². The average Bonchev–Trinajstić information content (AvgIpc) is 2.80. The molecule has 0 bridgehead atoms. The monoisotopic (exact) mass is 448 g/mol. The van der Waals surface area contributed by atoms with Crippen molar-refractivity contribution < 1.29 is 14.3 Å². The first-order valence-corrected chi connectivity index (χ1v) is 11.5. The highest BCUT2D eigenvalue weighted by Crippen LogP contribution is 2.22. The zero-order chi connectivity index (χ0) is 22.8. The van der Waals surface area contributed by atoms with Gasteiger partial charge in [-0.3, -0.25) is 9.59 Å². The van der Waals surface area contributed by atoms with Gasteiger partial charge >= 0.3 is 0 Å². The van der Waals surface area contributed by atoms with Crippen LogP contribution in [-0.2, 0) is 17.9 Å². The van der Waals surface area contributed by atoms with Crippen LogP contribution < -0.4 is 15.4 Å². The van der Waals surface area contributed by atoms with E-state index in [9.17, 15) is 9.59 Å². The van der Waals surface area contributed by atoms with E-state index in [1.165, 1.54) is 11.8 Å². The quantitative estimate of drug-likeness (QED) is 0.437. The van der Waals surface area contributed by atoms with Crippen LogP contribution in [-0.4, -0.2) is 23.6 Å². The zero-order valence-electron chi connectivity index (χ0n) is 18.3. The largest absolute Gasteiger partial charge is 0.489 e.